The van der Waals surface area contributed by atoms with Gasteiger partial charge in [0.25, 0.3) is 0 Å². The van der Waals surface area contributed by atoms with Gasteiger partial charge in [0.15, 0.2) is 23.1 Å². The summed E-state index contributed by atoms with van der Waals surface area (Å²) in [6.45, 7) is 3.70. The first-order chi connectivity index (χ1) is 14.5. The van der Waals surface area contributed by atoms with E-state index in [4.69, 9.17) is 20.3 Å². The first kappa shape index (κ1) is 20.1. The number of rotatable bonds is 6. The molecular formula is C22H25N5O3. The quantitative estimate of drug-likeness (QED) is 0.365. The van der Waals surface area contributed by atoms with Crippen molar-refractivity contribution < 1.29 is 14.3 Å². The van der Waals surface area contributed by atoms with Crippen LogP contribution in [-0.4, -0.2) is 41.4 Å². The van der Waals surface area contributed by atoms with Crippen LogP contribution in [0.5, 0.6) is 11.5 Å². The predicted molar refractivity (Wildman–Crippen MR) is 115 cm³/mol. The second-order valence-electron chi connectivity index (χ2n) is 7.29. The van der Waals surface area contributed by atoms with Crippen LogP contribution in [0, 0.1) is 0 Å². The second-order valence-corrected chi connectivity index (χ2v) is 7.29. The second kappa shape index (κ2) is 8.25. The van der Waals surface area contributed by atoms with Gasteiger partial charge in [0.05, 0.1) is 31.7 Å². The third kappa shape index (κ3) is 3.55. The smallest absolute Gasteiger partial charge is 0.164 e. The number of benzene rings is 2. The summed E-state index contributed by atoms with van der Waals surface area (Å²) in [5, 5.41) is 0.650. The van der Waals surface area contributed by atoms with Gasteiger partial charge in [0.2, 0.25) is 0 Å². The highest BCUT2D eigenvalue weighted by molar-refractivity contribution is 6.09. The fraction of sp³-hybridized carbons (Fsp3) is 0.318. The molecule has 0 saturated heterocycles. The van der Waals surface area contributed by atoms with Gasteiger partial charge >= 0.3 is 0 Å². The van der Waals surface area contributed by atoms with Crippen LogP contribution in [0.3, 0.4) is 0 Å². The number of nitrogens with one attached hydrogen (secondary N) is 1. The van der Waals surface area contributed by atoms with E-state index in [1.807, 2.05) is 18.2 Å². The number of aromatic nitrogens is 2. The van der Waals surface area contributed by atoms with Crippen molar-refractivity contribution in [1.82, 2.24) is 14.9 Å². The molecular weight excluding hydrogens is 382 g/mol. The van der Waals surface area contributed by atoms with E-state index in [2.05, 4.69) is 21.4 Å². The Morgan fingerprint density at radius 3 is 2.73 bits per heavy atom. The van der Waals surface area contributed by atoms with Crippen LogP contribution in [-0.2, 0) is 19.5 Å². The minimum Gasteiger partial charge on any atom is -0.493 e. The van der Waals surface area contributed by atoms with E-state index in [1.54, 1.807) is 20.3 Å². The van der Waals surface area contributed by atoms with E-state index < -0.39 is 0 Å². The number of methoxy groups -OCH3 is 2. The molecule has 8 heteroatoms. The predicted octanol–water partition coefficient (Wildman–Crippen LogP) is 2.69. The molecule has 8 nitrogen and oxygen atoms in total. The van der Waals surface area contributed by atoms with E-state index in [0.29, 0.717) is 34.7 Å². The Kier molecular flexibility index (Phi) is 5.52. The monoisotopic (exact) mass is 407 g/mol. The number of nitrogen functional groups attached to an aromatic ring is 1. The standard InChI is InChI=1S/C22H25N5O3/c1-13(28)15-5-4-6-17-20(15)22(26-23)25-19(24-17)12-27-10-9-16-14(11-27)7-8-18(29-2)21(16)30-3/h4-8H,9-12,23H2,1-3H3,(H,24,25,26). The number of Topliss-reactive ketones (excluding diaryl/α,β-unsaturated/α-hetero) is 1. The average molecular weight is 407 g/mol. The minimum atomic E-state index is -0.0505. The number of ether oxygens (including phenoxy) is 2. The lowest BCUT2D eigenvalue weighted by atomic mass is 9.98. The molecule has 0 aliphatic carbocycles. The number of nitrogens with two attached hydrogens (primary N) is 1. The largest absolute Gasteiger partial charge is 0.493 e. The molecule has 0 amide bonds. The number of hydrazine groups is 1. The maximum Gasteiger partial charge on any atom is 0.164 e. The molecule has 0 spiro atoms. The zero-order valence-corrected chi connectivity index (χ0v) is 17.4. The molecule has 0 unspecified atom stereocenters. The van der Waals surface area contributed by atoms with Gasteiger partial charge in [0, 0.05) is 24.2 Å². The molecule has 1 aliphatic rings. The molecule has 3 N–H and O–H groups in total. The Labute approximate surface area is 175 Å². The van der Waals surface area contributed by atoms with Crippen LogP contribution in [0.1, 0.15) is 34.2 Å². The molecule has 156 valence electrons. The number of fused-ring (bicyclic) bond motifs is 2. The van der Waals surface area contributed by atoms with Crippen molar-refractivity contribution in [2.75, 3.05) is 26.2 Å². The van der Waals surface area contributed by atoms with Gasteiger partial charge in [-0.2, -0.15) is 0 Å². The third-order valence-electron chi connectivity index (χ3n) is 5.47. The zero-order chi connectivity index (χ0) is 21.3. The fourth-order valence-corrected chi connectivity index (χ4v) is 4.08. The van der Waals surface area contributed by atoms with Crippen molar-refractivity contribution in [1.29, 1.82) is 0 Å². The molecule has 2 aromatic carbocycles. The highest BCUT2D eigenvalue weighted by Gasteiger charge is 2.23. The lowest BCUT2D eigenvalue weighted by molar-refractivity contribution is 0.101. The average Bonchev–Trinajstić information content (AvgIpc) is 2.76. The molecule has 0 atom stereocenters. The zero-order valence-electron chi connectivity index (χ0n) is 17.4. The maximum atomic E-state index is 12.0. The summed E-state index contributed by atoms with van der Waals surface area (Å²) in [6, 6.07) is 9.48. The van der Waals surface area contributed by atoms with Crippen molar-refractivity contribution in [2.24, 2.45) is 5.84 Å². The number of carbonyl (C=O) groups excluding carboxylic acids is 1. The Hall–Kier alpha value is -3.23. The van der Waals surface area contributed by atoms with Crippen LogP contribution in [0.4, 0.5) is 5.82 Å². The van der Waals surface area contributed by atoms with E-state index >= 15 is 0 Å². The number of hydrogen-bond donors (Lipinski definition) is 2. The number of anilines is 1. The molecule has 1 aromatic heterocycles. The summed E-state index contributed by atoms with van der Waals surface area (Å²) in [7, 11) is 3.32. The fourth-order valence-electron chi connectivity index (χ4n) is 4.08. The van der Waals surface area contributed by atoms with E-state index in [9.17, 15) is 4.79 Å². The Bertz CT molecular complexity index is 1120. The lowest BCUT2D eigenvalue weighted by Crippen LogP contribution is -2.31. The van der Waals surface area contributed by atoms with Crippen LogP contribution >= 0.6 is 0 Å². The SMILES string of the molecule is COc1ccc2c(c1OC)CCN(Cc1nc(NN)c3c(C(C)=O)cccc3n1)C2. The van der Waals surface area contributed by atoms with Crippen molar-refractivity contribution >= 4 is 22.5 Å². The highest BCUT2D eigenvalue weighted by atomic mass is 16.5. The molecule has 30 heavy (non-hydrogen) atoms. The lowest BCUT2D eigenvalue weighted by Gasteiger charge is -2.29. The van der Waals surface area contributed by atoms with Gasteiger partial charge < -0.3 is 14.9 Å². The van der Waals surface area contributed by atoms with Crippen molar-refractivity contribution in [2.45, 2.75) is 26.4 Å². The summed E-state index contributed by atoms with van der Waals surface area (Å²) >= 11 is 0. The van der Waals surface area contributed by atoms with Crippen molar-refractivity contribution in [3.8, 4) is 11.5 Å². The van der Waals surface area contributed by atoms with Crippen LogP contribution in [0.15, 0.2) is 30.3 Å². The normalized spacial score (nSPS) is 13.7. The van der Waals surface area contributed by atoms with Gasteiger partial charge in [-0.3, -0.25) is 9.69 Å². The van der Waals surface area contributed by atoms with Crippen LogP contribution < -0.4 is 20.7 Å². The first-order valence-corrected chi connectivity index (χ1v) is 9.78. The summed E-state index contributed by atoms with van der Waals surface area (Å²) < 4.78 is 11.0. The van der Waals surface area contributed by atoms with Crippen LogP contribution in [0.2, 0.25) is 0 Å². The van der Waals surface area contributed by atoms with Gasteiger partial charge in [-0.25, -0.2) is 15.8 Å². The summed E-state index contributed by atoms with van der Waals surface area (Å²) in [5.74, 6) is 8.34. The van der Waals surface area contributed by atoms with Crippen molar-refractivity contribution in [3.05, 3.63) is 52.8 Å². The van der Waals surface area contributed by atoms with Gasteiger partial charge in [-0.1, -0.05) is 18.2 Å². The summed E-state index contributed by atoms with van der Waals surface area (Å²) in [6.07, 6.45) is 0.847. The molecule has 0 saturated carbocycles. The topological polar surface area (TPSA) is 103 Å². The number of nitrogens with zero attached hydrogens (tertiary/aromatic N) is 3. The number of carbonyl (C=O) groups is 1. The third-order valence-corrected chi connectivity index (χ3v) is 5.47. The Balaban J connectivity index is 1.64. The van der Waals surface area contributed by atoms with Gasteiger partial charge in [0.1, 0.15) is 5.82 Å². The molecule has 0 radical (unpaired) electrons. The molecule has 3 aromatic rings. The van der Waals surface area contributed by atoms with Gasteiger partial charge in [-0.15, -0.1) is 0 Å². The van der Waals surface area contributed by atoms with E-state index in [-0.39, 0.29) is 5.78 Å². The summed E-state index contributed by atoms with van der Waals surface area (Å²) in [5.41, 5.74) is 6.28. The Morgan fingerprint density at radius 1 is 1.20 bits per heavy atom. The maximum absolute atomic E-state index is 12.0. The summed E-state index contributed by atoms with van der Waals surface area (Å²) in [4.78, 5) is 23.6. The number of ketones is 1. The molecule has 2 heterocycles. The highest BCUT2D eigenvalue weighted by Crippen LogP contribution is 2.36. The number of hydrogen-bond acceptors (Lipinski definition) is 8. The molecule has 1 aliphatic heterocycles. The molecule has 0 fully saturated rings. The Morgan fingerprint density at radius 2 is 2.03 bits per heavy atom. The van der Waals surface area contributed by atoms with Crippen LogP contribution in [0.25, 0.3) is 10.9 Å². The minimum absolute atomic E-state index is 0.0505. The van der Waals surface area contributed by atoms with Gasteiger partial charge in [-0.05, 0) is 31.0 Å². The van der Waals surface area contributed by atoms with Crippen molar-refractivity contribution in [3.63, 3.8) is 0 Å². The molecule has 0 bridgehead atoms. The molecule has 4 rings (SSSR count). The van der Waals surface area contributed by atoms with E-state index in [0.717, 1.165) is 31.0 Å². The van der Waals surface area contributed by atoms with E-state index in [1.165, 1.54) is 18.1 Å². The first-order valence-electron chi connectivity index (χ1n) is 9.78.